The maximum atomic E-state index is 12.3. The second kappa shape index (κ2) is 4.76. The zero-order valence-corrected chi connectivity index (χ0v) is 11.2. The van der Waals surface area contributed by atoms with Crippen molar-refractivity contribution in [1.29, 1.82) is 0 Å². The molecule has 1 aromatic carbocycles. The third kappa shape index (κ3) is 2.67. The molecular formula is C11H7BrF3N3O. The van der Waals surface area contributed by atoms with E-state index in [2.05, 4.69) is 26.2 Å². The first-order chi connectivity index (χ1) is 8.80. The molecule has 0 aliphatic rings. The van der Waals surface area contributed by atoms with Gasteiger partial charge in [0, 0.05) is 4.47 Å². The van der Waals surface area contributed by atoms with Gasteiger partial charge in [-0.2, -0.15) is 13.2 Å². The number of rotatable bonds is 2. The van der Waals surface area contributed by atoms with Crippen molar-refractivity contribution < 1.29 is 18.0 Å². The molecule has 0 atom stereocenters. The summed E-state index contributed by atoms with van der Waals surface area (Å²) in [4.78, 5) is 11.0. The fourth-order valence-electron chi connectivity index (χ4n) is 1.44. The second-order valence-corrected chi connectivity index (χ2v) is 4.58. The van der Waals surface area contributed by atoms with Gasteiger partial charge in [0.05, 0.1) is 11.9 Å². The molecule has 0 aliphatic carbocycles. The van der Waals surface area contributed by atoms with E-state index in [0.717, 1.165) is 16.4 Å². The van der Waals surface area contributed by atoms with Crippen molar-refractivity contribution >= 4 is 21.7 Å². The number of nitrogens with zero attached hydrogens (tertiary/aromatic N) is 3. The van der Waals surface area contributed by atoms with Crippen molar-refractivity contribution in [2.24, 2.45) is 0 Å². The molecule has 0 spiro atoms. The maximum absolute atomic E-state index is 12.3. The Kier molecular flexibility index (Phi) is 3.44. The van der Waals surface area contributed by atoms with Crippen LogP contribution in [-0.2, 0) is 0 Å². The molecule has 0 bridgehead atoms. The summed E-state index contributed by atoms with van der Waals surface area (Å²) in [6.45, 7) is 1.83. The van der Waals surface area contributed by atoms with E-state index in [9.17, 15) is 18.0 Å². The van der Waals surface area contributed by atoms with Crippen molar-refractivity contribution in [1.82, 2.24) is 15.0 Å². The van der Waals surface area contributed by atoms with Crippen LogP contribution in [0.1, 0.15) is 16.1 Å². The summed E-state index contributed by atoms with van der Waals surface area (Å²) in [5, 5.41) is 6.79. The topological polar surface area (TPSA) is 47.8 Å². The molecule has 0 saturated heterocycles. The number of hydrogen-bond donors (Lipinski definition) is 0. The fourth-order valence-corrected chi connectivity index (χ4v) is 1.89. The van der Waals surface area contributed by atoms with Crippen LogP contribution in [0.15, 0.2) is 28.9 Å². The lowest BCUT2D eigenvalue weighted by atomic mass is 10.2. The minimum atomic E-state index is -4.95. The van der Waals surface area contributed by atoms with E-state index in [-0.39, 0.29) is 0 Å². The molecule has 0 N–H and O–H groups in total. The Morgan fingerprint density at radius 3 is 2.68 bits per heavy atom. The van der Waals surface area contributed by atoms with E-state index in [0.29, 0.717) is 10.2 Å². The predicted molar refractivity (Wildman–Crippen MR) is 64.2 cm³/mol. The van der Waals surface area contributed by atoms with Crippen LogP contribution in [0.25, 0.3) is 5.69 Å². The quantitative estimate of drug-likeness (QED) is 0.793. The molecule has 2 aromatic rings. The normalized spacial score (nSPS) is 11.6. The van der Waals surface area contributed by atoms with Crippen LogP contribution < -0.4 is 0 Å². The SMILES string of the molecule is Cc1cccc(-n2cc(C(=O)C(F)(F)F)nn2)c1Br. The number of halogens is 4. The van der Waals surface area contributed by atoms with Crippen molar-refractivity contribution in [3.05, 3.63) is 40.1 Å². The summed E-state index contributed by atoms with van der Waals surface area (Å²) in [5.41, 5.74) is 0.659. The molecule has 8 heteroatoms. The highest BCUT2D eigenvalue weighted by atomic mass is 79.9. The number of Topliss-reactive ketones (excluding diaryl/α,β-unsaturated/α-hetero) is 1. The first kappa shape index (κ1) is 13.7. The number of carbonyl (C=O) groups excluding carboxylic acids is 1. The van der Waals surface area contributed by atoms with Gasteiger partial charge in [-0.25, -0.2) is 4.68 Å². The zero-order valence-electron chi connectivity index (χ0n) is 9.57. The smallest absolute Gasteiger partial charge is 0.282 e. The standard InChI is InChI=1S/C11H7BrF3N3O/c1-6-3-2-4-8(9(6)12)18-5-7(16-17-18)10(19)11(13,14)15/h2-5H,1H3. The van der Waals surface area contributed by atoms with Crippen LogP contribution in [0.5, 0.6) is 0 Å². The Labute approximate surface area is 114 Å². The number of benzene rings is 1. The van der Waals surface area contributed by atoms with Gasteiger partial charge >= 0.3 is 6.18 Å². The summed E-state index contributed by atoms with van der Waals surface area (Å²) >= 11 is 3.31. The number of alkyl halides is 3. The highest BCUT2D eigenvalue weighted by Gasteiger charge is 2.41. The molecule has 0 fully saturated rings. The van der Waals surface area contributed by atoms with E-state index in [1.165, 1.54) is 0 Å². The van der Waals surface area contributed by atoms with Crippen LogP contribution in [0.3, 0.4) is 0 Å². The number of carbonyl (C=O) groups is 1. The van der Waals surface area contributed by atoms with Crippen LogP contribution in [-0.4, -0.2) is 27.0 Å². The summed E-state index contributed by atoms with van der Waals surface area (Å²) in [5.74, 6) is -2.01. The largest absolute Gasteiger partial charge is 0.456 e. The highest BCUT2D eigenvalue weighted by molar-refractivity contribution is 9.10. The van der Waals surface area contributed by atoms with Gasteiger partial charge in [-0.3, -0.25) is 4.79 Å². The van der Waals surface area contributed by atoms with Crippen molar-refractivity contribution in [3.8, 4) is 5.69 Å². The third-order valence-electron chi connectivity index (χ3n) is 2.40. The first-order valence-corrected chi connectivity index (χ1v) is 5.89. The van der Waals surface area contributed by atoms with E-state index in [1.807, 2.05) is 13.0 Å². The van der Waals surface area contributed by atoms with Gasteiger partial charge in [0.15, 0.2) is 5.69 Å². The van der Waals surface area contributed by atoms with E-state index < -0.39 is 17.7 Å². The minimum Gasteiger partial charge on any atom is -0.282 e. The first-order valence-electron chi connectivity index (χ1n) is 5.10. The molecule has 0 saturated carbocycles. The molecule has 0 aliphatic heterocycles. The molecule has 4 nitrogen and oxygen atoms in total. The fraction of sp³-hybridized carbons (Fsp3) is 0.182. The lowest BCUT2D eigenvalue weighted by molar-refractivity contribution is -0.0888. The second-order valence-electron chi connectivity index (χ2n) is 3.78. The number of aryl methyl sites for hydroxylation is 1. The summed E-state index contributed by atoms with van der Waals surface area (Å²) in [7, 11) is 0. The Morgan fingerprint density at radius 2 is 2.05 bits per heavy atom. The van der Waals surface area contributed by atoms with Crippen LogP contribution in [0, 0.1) is 6.92 Å². The van der Waals surface area contributed by atoms with Crippen LogP contribution in [0.2, 0.25) is 0 Å². The Balaban J connectivity index is 2.42. The van der Waals surface area contributed by atoms with E-state index in [4.69, 9.17) is 0 Å². The van der Waals surface area contributed by atoms with Crippen molar-refractivity contribution in [3.63, 3.8) is 0 Å². The molecule has 1 aromatic heterocycles. The third-order valence-corrected chi connectivity index (χ3v) is 3.43. The molecule has 0 radical (unpaired) electrons. The molecular weight excluding hydrogens is 327 g/mol. The van der Waals surface area contributed by atoms with Crippen LogP contribution in [0.4, 0.5) is 13.2 Å². The lowest BCUT2D eigenvalue weighted by Gasteiger charge is -2.05. The average molecular weight is 334 g/mol. The Morgan fingerprint density at radius 1 is 1.37 bits per heavy atom. The summed E-state index contributed by atoms with van der Waals surface area (Å²) in [6, 6.07) is 5.20. The van der Waals surface area contributed by atoms with E-state index in [1.54, 1.807) is 12.1 Å². The molecule has 19 heavy (non-hydrogen) atoms. The average Bonchev–Trinajstić information content (AvgIpc) is 2.79. The number of aromatic nitrogens is 3. The zero-order chi connectivity index (χ0) is 14.2. The lowest BCUT2D eigenvalue weighted by Crippen LogP contribution is -2.23. The molecule has 2 rings (SSSR count). The molecule has 100 valence electrons. The van der Waals surface area contributed by atoms with Crippen molar-refractivity contribution in [2.45, 2.75) is 13.1 Å². The summed E-state index contributed by atoms with van der Waals surface area (Å²) in [6.07, 6.45) is -4.00. The van der Waals surface area contributed by atoms with Gasteiger partial charge in [0.2, 0.25) is 0 Å². The molecule has 1 heterocycles. The van der Waals surface area contributed by atoms with Gasteiger partial charge < -0.3 is 0 Å². The number of hydrogen-bond acceptors (Lipinski definition) is 3. The van der Waals surface area contributed by atoms with Gasteiger partial charge in [-0.15, -0.1) is 5.10 Å². The maximum Gasteiger partial charge on any atom is 0.456 e. The van der Waals surface area contributed by atoms with Gasteiger partial charge in [-0.1, -0.05) is 17.3 Å². The Bertz CT molecular complexity index is 636. The molecule has 0 unspecified atom stereocenters. The number of ketones is 1. The van der Waals surface area contributed by atoms with Gasteiger partial charge in [0.25, 0.3) is 5.78 Å². The summed E-state index contributed by atoms with van der Waals surface area (Å²) < 4.78 is 38.6. The van der Waals surface area contributed by atoms with Gasteiger partial charge in [-0.05, 0) is 34.5 Å². The Hall–Kier alpha value is -1.70. The minimum absolute atomic E-state index is 0.508. The highest BCUT2D eigenvalue weighted by Crippen LogP contribution is 2.25. The van der Waals surface area contributed by atoms with Gasteiger partial charge in [0.1, 0.15) is 0 Å². The van der Waals surface area contributed by atoms with Crippen LogP contribution >= 0.6 is 15.9 Å². The molecule has 0 amide bonds. The monoisotopic (exact) mass is 333 g/mol. The van der Waals surface area contributed by atoms with Crippen molar-refractivity contribution in [2.75, 3.05) is 0 Å². The predicted octanol–water partition coefficient (Wildman–Crippen LogP) is 3.08. The van der Waals surface area contributed by atoms with E-state index >= 15 is 0 Å².